The third kappa shape index (κ3) is 8.86. The zero-order chi connectivity index (χ0) is 40.9. The second-order valence-corrected chi connectivity index (χ2v) is 18.5. The fourth-order valence-corrected chi connectivity index (χ4v) is 11.6. The first-order valence-electron chi connectivity index (χ1n) is 22.5. The number of ether oxygens (including phenoxy) is 6. The van der Waals surface area contributed by atoms with Crippen LogP contribution in [0.2, 0.25) is 0 Å². The maximum atomic E-state index is 13.1. The van der Waals surface area contributed by atoms with Crippen LogP contribution in [0.15, 0.2) is 133 Å². The molecule has 4 aliphatic carbocycles. The first-order chi connectivity index (χ1) is 29.4. The number of fused-ring (bicyclic) bond motifs is 5. The van der Waals surface area contributed by atoms with Crippen molar-refractivity contribution < 1.29 is 33.2 Å². The first kappa shape index (κ1) is 41.4. The van der Waals surface area contributed by atoms with Gasteiger partial charge in [-0.05, 0) is 90.4 Å². The van der Waals surface area contributed by atoms with Gasteiger partial charge in [0.15, 0.2) is 6.29 Å². The van der Waals surface area contributed by atoms with Gasteiger partial charge in [-0.25, -0.2) is 0 Å². The Hall–Kier alpha value is -3.95. The van der Waals surface area contributed by atoms with Gasteiger partial charge in [0.2, 0.25) is 0 Å². The molecule has 0 aromatic heterocycles. The van der Waals surface area contributed by atoms with Gasteiger partial charge >= 0.3 is 0 Å². The molecule has 7 nitrogen and oxygen atoms in total. The predicted octanol–water partition coefficient (Wildman–Crippen LogP) is 10.6. The lowest BCUT2D eigenvalue weighted by molar-refractivity contribution is -0.337. The number of Topliss-reactive ketones (excluding diaryl/α,β-unsaturated/α-hetero) is 1. The summed E-state index contributed by atoms with van der Waals surface area (Å²) in [6.45, 7) is 6.67. The standard InChI is InChI=1S/C53H62O7/c1-52-29-27-42(31-41(52)23-24-43-44-25-26-47(54)53(44,2)30-28-45(43)52)59-51-50(58-35-40-21-13-6-14-22-40)49(57-34-39-19-11-5-12-20-39)48(56-33-38-17-9-4-10-18-38)46(60-51)36-55-32-37-15-7-3-8-16-37/h3-23,42-46,48-51H,24-36H2,1-2H3/t42-,43-,44?,45-,46?,48-,49?,50?,51+,52-,53-/m0/s1. The summed E-state index contributed by atoms with van der Waals surface area (Å²) >= 11 is 0. The number of hydrogen-bond donors (Lipinski definition) is 0. The minimum Gasteiger partial charge on any atom is -0.374 e. The van der Waals surface area contributed by atoms with Gasteiger partial charge in [0.25, 0.3) is 0 Å². The van der Waals surface area contributed by atoms with E-state index >= 15 is 0 Å². The highest BCUT2D eigenvalue weighted by Gasteiger charge is 2.59. The van der Waals surface area contributed by atoms with E-state index in [9.17, 15) is 4.79 Å². The fraction of sp³-hybridized carbons (Fsp3) is 0.491. The molecule has 4 aromatic rings. The zero-order valence-electron chi connectivity index (χ0n) is 35.4. The number of hydrogen-bond acceptors (Lipinski definition) is 7. The third-order valence-electron chi connectivity index (χ3n) is 14.9. The van der Waals surface area contributed by atoms with Gasteiger partial charge in [-0.3, -0.25) is 4.79 Å². The van der Waals surface area contributed by atoms with Crippen molar-refractivity contribution in [3.05, 3.63) is 155 Å². The van der Waals surface area contributed by atoms with Crippen molar-refractivity contribution >= 4 is 5.78 Å². The van der Waals surface area contributed by atoms with Crippen molar-refractivity contribution in [2.24, 2.45) is 28.6 Å². The van der Waals surface area contributed by atoms with E-state index in [1.807, 2.05) is 72.8 Å². The van der Waals surface area contributed by atoms with Crippen LogP contribution in [0.5, 0.6) is 0 Å². The number of carbonyl (C=O) groups is 1. The summed E-state index contributed by atoms with van der Waals surface area (Å²) in [5, 5.41) is 0. The van der Waals surface area contributed by atoms with E-state index in [2.05, 4.69) is 68.5 Å². The van der Waals surface area contributed by atoms with Crippen LogP contribution >= 0.6 is 0 Å². The minimum absolute atomic E-state index is 0.0435. The van der Waals surface area contributed by atoms with Crippen molar-refractivity contribution in [2.45, 2.75) is 128 Å². The van der Waals surface area contributed by atoms with E-state index < -0.39 is 30.7 Å². The molecule has 0 bridgehead atoms. The molecule has 0 spiro atoms. The Morgan fingerprint density at radius 3 is 1.72 bits per heavy atom. The smallest absolute Gasteiger partial charge is 0.187 e. The van der Waals surface area contributed by atoms with Gasteiger partial charge in [0, 0.05) is 11.8 Å². The molecule has 1 aliphatic heterocycles. The molecule has 7 heteroatoms. The van der Waals surface area contributed by atoms with Crippen molar-refractivity contribution in [1.82, 2.24) is 0 Å². The Morgan fingerprint density at radius 1 is 0.600 bits per heavy atom. The van der Waals surface area contributed by atoms with Gasteiger partial charge in [0.1, 0.15) is 30.2 Å². The lowest BCUT2D eigenvalue weighted by Crippen LogP contribution is -2.62. The van der Waals surface area contributed by atoms with E-state index in [4.69, 9.17) is 28.4 Å². The molecular weight excluding hydrogens is 749 g/mol. The SMILES string of the molecule is C[C@]12CC[C@H](O[C@@H]3OC(COCc4ccccc4)[C@H](OCc4ccccc4)C(OCc4ccccc4)C3OCc3ccccc3)CC1=CC[C@H]1C3CCC(=O)[C@@]3(C)CC[C@@H]12. The molecule has 3 saturated carbocycles. The summed E-state index contributed by atoms with van der Waals surface area (Å²) in [5.74, 6) is 2.21. The molecule has 60 heavy (non-hydrogen) atoms. The Bertz CT molecular complexity index is 2020. The van der Waals surface area contributed by atoms with Gasteiger partial charge in [-0.2, -0.15) is 0 Å². The van der Waals surface area contributed by atoms with Gasteiger partial charge in [-0.1, -0.05) is 147 Å². The lowest BCUT2D eigenvalue weighted by Gasteiger charge is -2.57. The number of allylic oxidation sites excluding steroid dienone is 1. The topological polar surface area (TPSA) is 72.5 Å². The Kier molecular flexibility index (Phi) is 12.8. The second kappa shape index (κ2) is 18.6. The molecule has 0 N–H and O–H groups in total. The molecule has 1 saturated heterocycles. The van der Waals surface area contributed by atoms with Crippen LogP contribution < -0.4 is 0 Å². The fourth-order valence-electron chi connectivity index (χ4n) is 11.6. The van der Waals surface area contributed by atoms with Crippen LogP contribution in [0.1, 0.15) is 87.5 Å². The van der Waals surface area contributed by atoms with Crippen LogP contribution in [0.25, 0.3) is 0 Å². The van der Waals surface area contributed by atoms with Gasteiger partial charge in [-0.15, -0.1) is 0 Å². The van der Waals surface area contributed by atoms with Crippen LogP contribution in [0.4, 0.5) is 0 Å². The Morgan fingerprint density at radius 2 is 1.12 bits per heavy atom. The number of ketones is 1. The molecular formula is C53H62O7. The maximum Gasteiger partial charge on any atom is 0.187 e. The summed E-state index contributed by atoms with van der Waals surface area (Å²) in [6, 6.07) is 41.1. The van der Waals surface area contributed by atoms with Crippen LogP contribution in [0.3, 0.4) is 0 Å². The van der Waals surface area contributed by atoms with E-state index in [0.29, 0.717) is 56.6 Å². The predicted molar refractivity (Wildman–Crippen MR) is 231 cm³/mol. The van der Waals surface area contributed by atoms with E-state index in [1.54, 1.807) is 0 Å². The highest BCUT2D eigenvalue weighted by molar-refractivity contribution is 5.87. The molecule has 4 aromatic carbocycles. The summed E-state index contributed by atoms with van der Waals surface area (Å²) in [5.41, 5.74) is 5.82. The first-order valence-corrected chi connectivity index (χ1v) is 22.5. The zero-order valence-corrected chi connectivity index (χ0v) is 35.4. The molecule has 4 fully saturated rings. The highest BCUT2D eigenvalue weighted by Crippen LogP contribution is 2.64. The molecule has 4 unspecified atom stereocenters. The molecule has 0 amide bonds. The summed E-state index contributed by atoms with van der Waals surface area (Å²) in [4.78, 5) is 13.1. The number of benzene rings is 4. The normalized spacial score (nSPS) is 33.7. The van der Waals surface area contributed by atoms with Crippen molar-refractivity contribution in [3.8, 4) is 0 Å². The summed E-state index contributed by atoms with van der Waals surface area (Å²) < 4.78 is 41.6. The van der Waals surface area contributed by atoms with Crippen LogP contribution in [-0.4, -0.2) is 49.2 Å². The molecule has 11 atom stereocenters. The highest BCUT2D eigenvalue weighted by atomic mass is 16.7. The quantitative estimate of drug-likeness (QED) is 0.111. The molecule has 5 aliphatic rings. The van der Waals surface area contributed by atoms with Crippen molar-refractivity contribution in [3.63, 3.8) is 0 Å². The van der Waals surface area contributed by atoms with Crippen molar-refractivity contribution in [1.29, 1.82) is 0 Å². The average molecular weight is 811 g/mol. The molecule has 1 heterocycles. The van der Waals surface area contributed by atoms with Gasteiger partial charge < -0.3 is 28.4 Å². The number of carbonyl (C=O) groups excluding carboxylic acids is 1. The maximum absolute atomic E-state index is 13.1. The Labute approximate surface area is 356 Å². The van der Waals surface area contributed by atoms with E-state index in [1.165, 1.54) is 5.57 Å². The third-order valence-corrected chi connectivity index (χ3v) is 14.9. The molecule has 9 rings (SSSR count). The monoisotopic (exact) mass is 810 g/mol. The largest absolute Gasteiger partial charge is 0.374 e. The van der Waals surface area contributed by atoms with Gasteiger partial charge in [0.05, 0.1) is 39.1 Å². The minimum atomic E-state index is -0.720. The summed E-state index contributed by atoms with van der Waals surface area (Å²) in [7, 11) is 0. The van der Waals surface area contributed by atoms with Crippen LogP contribution in [-0.2, 0) is 59.6 Å². The number of rotatable bonds is 15. The van der Waals surface area contributed by atoms with E-state index in [0.717, 1.165) is 73.6 Å². The summed E-state index contributed by atoms with van der Waals surface area (Å²) in [6.07, 6.45) is 7.56. The van der Waals surface area contributed by atoms with E-state index in [-0.39, 0.29) is 16.9 Å². The van der Waals surface area contributed by atoms with Crippen molar-refractivity contribution in [2.75, 3.05) is 6.61 Å². The molecule has 316 valence electrons. The second-order valence-electron chi connectivity index (χ2n) is 18.5. The Balaban J connectivity index is 1.00. The lowest BCUT2D eigenvalue weighted by atomic mass is 9.48. The molecule has 0 radical (unpaired) electrons. The average Bonchev–Trinajstić information content (AvgIpc) is 3.59. The van der Waals surface area contributed by atoms with Crippen LogP contribution in [0, 0.1) is 28.6 Å².